The van der Waals surface area contributed by atoms with E-state index in [1.165, 1.54) is 0 Å². The second-order valence-electron chi connectivity index (χ2n) is 7.59. The number of rotatable bonds is 3. The molecule has 0 spiro atoms. The Morgan fingerprint density at radius 3 is 2.93 bits per heavy atom. The van der Waals surface area contributed by atoms with Gasteiger partial charge in [-0.1, -0.05) is 18.2 Å². The molecule has 0 aliphatic carbocycles. The molecule has 2 aliphatic rings. The molecule has 0 N–H and O–H groups in total. The van der Waals surface area contributed by atoms with E-state index >= 15 is 0 Å². The summed E-state index contributed by atoms with van der Waals surface area (Å²) in [7, 11) is 2.06. The Kier molecular flexibility index (Phi) is 4.46. The number of fused-ring (bicyclic) bond motifs is 2. The fourth-order valence-electron chi connectivity index (χ4n) is 4.21. The molecule has 2 aromatic carbocycles. The molecule has 1 fully saturated rings. The van der Waals surface area contributed by atoms with Gasteiger partial charge in [0.15, 0.2) is 11.5 Å². The molecule has 0 bridgehead atoms. The van der Waals surface area contributed by atoms with Gasteiger partial charge < -0.3 is 18.9 Å². The van der Waals surface area contributed by atoms with Crippen LogP contribution in [-0.4, -0.2) is 40.2 Å². The molecule has 0 saturated carbocycles. The molecule has 148 valence electrons. The van der Waals surface area contributed by atoms with E-state index in [9.17, 15) is 4.79 Å². The number of hydrogen-bond acceptors (Lipinski definition) is 4. The SMILES string of the molecule is Cn1c(C2CCCN(C(=O)/C=C/c3ccc4c(c3)OCO4)C2)nc2ccccc21. The van der Waals surface area contributed by atoms with Gasteiger partial charge in [-0.15, -0.1) is 0 Å². The summed E-state index contributed by atoms with van der Waals surface area (Å²) in [5, 5.41) is 0. The van der Waals surface area contributed by atoms with Crippen molar-refractivity contribution in [3.05, 3.63) is 59.9 Å². The number of aromatic nitrogens is 2. The quantitative estimate of drug-likeness (QED) is 0.641. The number of para-hydroxylation sites is 2. The minimum atomic E-state index is 0.0335. The molecule has 1 amide bonds. The van der Waals surface area contributed by atoms with E-state index < -0.39 is 0 Å². The highest BCUT2D eigenvalue weighted by Gasteiger charge is 2.27. The number of likely N-dealkylation sites (tertiary alicyclic amines) is 1. The summed E-state index contributed by atoms with van der Waals surface area (Å²) >= 11 is 0. The zero-order valence-corrected chi connectivity index (χ0v) is 16.4. The van der Waals surface area contributed by atoms with Crippen LogP contribution in [0.1, 0.15) is 30.1 Å². The zero-order chi connectivity index (χ0) is 19.8. The van der Waals surface area contributed by atoms with Crippen LogP contribution in [0.4, 0.5) is 0 Å². The molecule has 1 atom stereocenters. The van der Waals surface area contributed by atoms with E-state index in [0.717, 1.165) is 53.3 Å². The summed E-state index contributed by atoms with van der Waals surface area (Å²) in [6, 6.07) is 13.9. The lowest BCUT2D eigenvalue weighted by molar-refractivity contribution is -0.127. The molecule has 6 nitrogen and oxygen atoms in total. The fraction of sp³-hybridized carbons (Fsp3) is 0.304. The fourth-order valence-corrected chi connectivity index (χ4v) is 4.21. The second kappa shape index (κ2) is 7.28. The molecule has 0 radical (unpaired) electrons. The number of hydrogen-bond donors (Lipinski definition) is 0. The Labute approximate surface area is 169 Å². The van der Waals surface area contributed by atoms with Crippen molar-refractivity contribution in [1.82, 2.24) is 14.5 Å². The second-order valence-corrected chi connectivity index (χ2v) is 7.59. The molecular formula is C23H23N3O3. The van der Waals surface area contributed by atoms with Crippen LogP contribution in [0.5, 0.6) is 11.5 Å². The van der Waals surface area contributed by atoms with Crippen LogP contribution >= 0.6 is 0 Å². The molecule has 5 rings (SSSR count). The third-order valence-corrected chi connectivity index (χ3v) is 5.73. The van der Waals surface area contributed by atoms with Crippen molar-refractivity contribution < 1.29 is 14.3 Å². The number of carbonyl (C=O) groups excluding carboxylic acids is 1. The van der Waals surface area contributed by atoms with Crippen molar-refractivity contribution in [2.45, 2.75) is 18.8 Å². The Morgan fingerprint density at radius 1 is 1.17 bits per heavy atom. The third-order valence-electron chi connectivity index (χ3n) is 5.73. The summed E-state index contributed by atoms with van der Waals surface area (Å²) in [4.78, 5) is 19.6. The highest BCUT2D eigenvalue weighted by Crippen LogP contribution is 2.33. The summed E-state index contributed by atoms with van der Waals surface area (Å²) in [6.07, 6.45) is 5.52. The van der Waals surface area contributed by atoms with Gasteiger partial charge in [0.2, 0.25) is 12.7 Å². The molecular weight excluding hydrogens is 366 g/mol. The van der Waals surface area contributed by atoms with Gasteiger partial charge in [0, 0.05) is 32.1 Å². The number of imidazole rings is 1. The van der Waals surface area contributed by atoms with Crippen molar-refractivity contribution in [2.75, 3.05) is 19.9 Å². The third kappa shape index (κ3) is 3.35. The van der Waals surface area contributed by atoms with E-state index in [4.69, 9.17) is 14.5 Å². The number of piperidine rings is 1. The summed E-state index contributed by atoms with van der Waals surface area (Å²) in [6.45, 7) is 1.73. The smallest absolute Gasteiger partial charge is 0.246 e. The van der Waals surface area contributed by atoms with Crippen LogP contribution < -0.4 is 9.47 Å². The van der Waals surface area contributed by atoms with Crippen molar-refractivity contribution in [3.8, 4) is 11.5 Å². The Hall–Kier alpha value is -3.28. The van der Waals surface area contributed by atoms with Crippen LogP contribution in [0.15, 0.2) is 48.5 Å². The number of carbonyl (C=O) groups is 1. The van der Waals surface area contributed by atoms with Gasteiger partial charge in [0.1, 0.15) is 5.82 Å². The molecule has 1 aromatic heterocycles. The van der Waals surface area contributed by atoms with Gasteiger partial charge >= 0.3 is 0 Å². The summed E-state index contributed by atoms with van der Waals surface area (Å²) in [5.74, 6) is 2.81. The van der Waals surface area contributed by atoms with Gasteiger partial charge in [-0.2, -0.15) is 0 Å². The van der Waals surface area contributed by atoms with Crippen LogP contribution in [-0.2, 0) is 11.8 Å². The standard InChI is InChI=1S/C23H23N3O3/c1-25-19-7-3-2-6-18(19)24-23(25)17-5-4-12-26(14-17)22(27)11-9-16-8-10-20-21(13-16)29-15-28-20/h2-3,6-11,13,17H,4-5,12,14-15H2,1H3/b11-9+. The van der Waals surface area contributed by atoms with Gasteiger partial charge in [-0.3, -0.25) is 4.79 Å². The van der Waals surface area contributed by atoms with Gasteiger partial charge in [-0.25, -0.2) is 4.98 Å². The highest BCUT2D eigenvalue weighted by atomic mass is 16.7. The Morgan fingerprint density at radius 2 is 2.03 bits per heavy atom. The van der Waals surface area contributed by atoms with Crippen LogP contribution in [0.2, 0.25) is 0 Å². The van der Waals surface area contributed by atoms with Crippen LogP contribution in [0, 0.1) is 0 Å². The normalized spacial score (nSPS) is 18.7. The maximum Gasteiger partial charge on any atom is 0.246 e. The number of benzene rings is 2. The monoisotopic (exact) mass is 389 g/mol. The van der Waals surface area contributed by atoms with E-state index in [2.05, 4.69) is 17.7 Å². The first kappa shape index (κ1) is 17.8. The van der Waals surface area contributed by atoms with E-state index in [0.29, 0.717) is 6.54 Å². The van der Waals surface area contributed by atoms with E-state index in [-0.39, 0.29) is 18.6 Å². The van der Waals surface area contributed by atoms with Gasteiger partial charge in [-0.05, 0) is 48.7 Å². The molecule has 3 aromatic rings. The number of nitrogens with zero attached hydrogens (tertiary/aromatic N) is 3. The van der Waals surface area contributed by atoms with Gasteiger partial charge in [0.05, 0.1) is 11.0 Å². The van der Waals surface area contributed by atoms with Crippen molar-refractivity contribution in [1.29, 1.82) is 0 Å². The van der Waals surface area contributed by atoms with Crippen LogP contribution in [0.25, 0.3) is 17.1 Å². The lowest BCUT2D eigenvalue weighted by atomic mass is 9.97. The van der Waals surface area contributed by atoms with Crippen molar-refractivity contribution >= 4 is 23.0 Å². The molecule has 2 aliphatic heterocycles. The molecule has 6 heteroatoms. The van der Waals surface area contributed by atoms with Crippen molar-refractivity contribution in [3.63, 3.8) is 0 Å². The molecule has 1 unspecified atom stereocenters. The lowest BCUT2D eigenvalue weighted by Crippen LogP contribution is -2.38. The average Bonchev–Trinajstić information content (AvgIpc) is 3.36. The summed E-state index contributed by atoms with van der Waals surface area (Å²) in [5.41, 5.74) is 3.07. The van der Waals surface area contributed by atoms with Gasteiger partial charge in [0.25, 0.3) is 0 Å². The topological polar surface area (TPSA) is 56.6 Å². The number of aryl methyl sites for hydroxylation is 1. The predicted octanol–water partition coefficient (Wildman–Crippen LogP) is 3.72. The average molecular weight is 389 g/mol. The summed E-state index contributed by atoms with van der Waals surface area (Å²) < 4.78 is 12.9. The van der Waals surface area contributed by atoms with E-state index in [1.54, 1.807) is 6.08 Å². The first-order valence-electron chi connectivity index (χ1n) is 9.97. The minimum absolute atomic E-state index is 0.0335. The van der Waals surface area contributed by atoms with Crippen LogP contribution in [0.3, 0.4) is 0 Å². The number of ether oxygens (including phenoxy) is 2. The molecule has 3 heterocycles. The first-order valence-corrected chi connectivity index (χ1v) is 9.97. The molecule has 29 heavy (non-hydrogen) atoms. The lowest BCUT2D eigenvalue weighted by Gasteiger charge is -2.31. The maximum atomic E-state index is 12.8. The largest absolute Gasteiger partial charge is 0.454 e. The first-order chi connectivity index (χ1) is 14.2. The van der Waals surface area contributed by atoms with Crippen molar-refractivity contribution in [2.24, 2.45) is 7.05 Å². The minimum Gasteiger partial charge on any atom is -0.454 e. The predicted molar refractivity (Wildman–Crippen MR) is 111 cm³/mol. The Balaban J connectivity index is 1.31. The maximum absolute atomic E-state index is 12.8. The Bertz CT molecular complexity index is 1100. The molecule has 1 saturated heterocycles. The van der Waals surface area contributed by atoms with E-state index in [1.807, 2.05) is 47.4 Å². The highest BCUT2D eigenvalue weighted by molar-refractivity contribution is 5.92. The zero-order valence-electron chi connectivity index (χ0n) is 16.4. The number of amides is 1.